The van der Waals surface area contributed by atoms with Crippen LogP contribution in [0.5, 0.6) is 0 Å². The number of hydrogen-bond donors (Lipinski definition) is 0. The molecule has 2 atom stereocenters. The zero-order valence-corrected chi connectivity index (χ0v) is 12.9. The zero-order valence-electron chi connectivity index (χ0n) is 11.3. The summed E-state index contributed by atoms with van der Waals surface area (Å²) in [7, 11) is 3.42. The Balaban J connectivity index is 2.21. The lowest BCUT2D eigenvalue weighted by atomic mass is 9.98. The van der Waals surface area contributed by atoms with Gasteiger partial charge in [-0.15, -0.1) is 0 Å². The molecule has 20 heavy (non-hydrogen) atoms. The number of hydrogen-bond acceptors (Lipinski definition) is 3. The molecule has 0 bridgehead atoms. The largest absolute Gasteiger partial charge is 0.374 e. The molecule has 3 rings (SSSR count). The SMILES string of the molecule is CO[C@H]1c2ccccc2Sc2ccc(Cl)cc2[C@@H]1OC. The average Bonchev–Trinajstić information content (AvgIpc) is 2.60. The van der Waals surface area contributed by atoms with Gasteiger partial charge in [0.2, 0.25) is 0 Å². The normalized spacial score (nSPS) is 20.9. The monoisotopic (exact) mass is 306 g/mol. The van der Waals surface area contributed by atoms with E-state index in [4.69, 9.17) is 21.1 Å². The van der Waals surface area contributed by atoms with Gasteiger partial charge in [-0.25, -0.2) is 0 Å². The third kappa shape index (κ3) is 2.35. The van der Waals surface area contributed by atoms with E-state index < -0.39 is 0 Å². The lowest BCUT2D eigenvalue weighted by molar-refractivity contribution is -0.0416. The van der Waals surface area contributed by atoms with Crippen molar-refractivity contribution < 1.29 is 9.47 Å². The molecule has 1 aliphatic heterocycles. The number of benzene rings is 2. The summed E-state index contributed by atoms with van der Waals surface area (Å²) in [4.78, 5) is 2.36. The molecule has 0 unspecified atom stereocenters. The fourth-order valence-corrected chi connectivity index (χ4v) is 3.88. The number of ether oxygens (including phenoxy) is 2. The minimum atomic E-state index is -0.162. The first-order valence-corrected chi connectivity index (χ1v) is 7.56. The topological polar surface area (TPSA) is 18.5 Å². The van der Waals surface area contributed by atoms with E-state index in [-0.39, 0.29) is 12.2 Å². The summed E-state index contributed by atoms with van der Waals surface area (Å²) < 4.78 is 11.4. The van der Waals surface area contributed by atoms with Gasteiger partial charge in [-0.05, 0) is 35.4 Å². The zero-order chi connectivity index (χ0) is 14.1. The Morgan fingerprint density at radius 2 is 1.55 bits per heavy atom. The van der Waals surface area contributed by atoms with Crippen molar-refractivity contribution in [3.8, 4) is 0 Å². The van der Waals surface area contributed by atoms with E-state index in [0.717, 1.165) is 16.0 Å². The summed E-state index contributed by atoms with van der Waals surface area (Å²) in [6, 6.07) is 14.2. The van der Waals surface area contributed by atoms with Crippen molar-refractivity contribution in [1.82, 2.24) is 0 Å². The summed E-state index contributed by atoms with van der Waals surface area (Å²) in [5, 5.41) is 0.715. The number of halogens is 1. The van der Waals surface area contributed by atoms with Crippen LogP contribution in [0.25, 0.3) is 0 Å². The lowest BCUT2D eigenvalue weighted by Gasteiger charge is -2.25. The molecule has 4 heteroatoms. The van der Waals surface area contributed by atoms with E-state index >= 15 is 0 Å². The van der Waals surface area contributed by atoms with Gasteiger partial charge in [0.1, 0.15) is 12.2 Å². The second-order valence-electron chi connectivity index (χ2n) is 4.63. The third-order valence-corrected chi connectivity index (χ3v) is 4.93. The fourth-order valence-electron chi connectivity index (χ4n) is 2.59. The molecule has 1 heterocycles. The Morgan fingerprint density at radius 1 is 0.900 bits per heavy atom. The number of methoxy groups -OCH3 is 2. The predicted molar refractivity (Wildman–Crippen MR) is 81.5 cm³/mol. The number of fused-ring (bicyclic) bond motifs is 2. The molecule has 0 aliphatic carbocycles. The van der Waals surface area contributed by atoms with E-state index in [9.17, 15) is 0 Å². The van der Waals surface area contributed by atoms with Crippen LogP contribution in [-0.2, 0) is 9.47 Å². The first kappa shape index (κ1) is 14.0. The molecule has 1 aliphatic rings. The molecule has 2 nitrogen and oxygen atoms in total. The van der Waals surface area contributed by atoms with Gasteiger partial charge in [0.05, 0.1) is 0 Å². The summed E-state index contributed by atoms with van der Waals surface area (Å²) in [5.41, 5.74) is 2.23. The Labute approximate surface area is 128 Å². The molecule has 0 saturated carbocycles. The van der Waals surface area contributed by atoms with E-state index in [0.29, 0.717) is 5.02 Å². The fraction of sp³-hybridized carbons (Fsp3) is 0.250. The molecular weight excluding hydrogens is 292 g/mol. The number of rotatable bonds is 2. The lowest BCUT2D eigenvalue weighted by Crippen LogP contribution is -2.15. The van der Waals surface area contributed by atoms with E-state index in [2.05, 4.69) is 12.1 Å². The molecule has 0 spiro atoms. The van der Waals surface area contributed by atoms with E-state index in [1.54, 1.807) is 26.0 Å². The van der Waals surface area contributed by atoms with Crippen LogP contribution in [0.15, 0.2) is 52.3 Å². The van der Waals surface area contributed by atoms with Gasteiger partial charge >= 0.3 is 0 Å². The standard InChI is InChI=1S/C16H15ClO2S/c1-18-15-11-5-3-4-6-13(11)20-14-8-7-10(17)9-12(14)16(15)19-2/h3-9,15-16H,1-2H3/t15-,16-/m0/s1. The predicted octanol–water partition coefficient (Wildman–Crippen LogP) is 4.88. The summed E-state index contributed by atoms with van der Waals surface area (Å²) in [6.45, 7) is 0. The molecule has 0 radical (unpaired) electrons. The average molecular weight is 307 g/mol. The summed E-state index contributed by atoms with van der Waals surface area (Å²) in [6.07, 6.45) is -0.298. The van der Waals surface area contributed by atoms with Crippen molar-refractivity contribution in [2.75, 3.05) is 14.2 Å². The first-order chi connectivity index (χ1) is 9.74. The molecule has 104 valence electrons. The molecule has 2 aromatic carbocycles. The molecule has 0 fully saturated rings. The minimum Gasteiger partial charge on any atom is -0.374 e. The maximum Gasteiger partial charge on any atom is 0.114 e. The highest BCUT2D eigenvalue weighted by Gasteiger charge is 2.32. The highest BCUT2D eigenvalue weighted by molar-refractivity contribution is 7.99. The molecule has 2 aromatic rings. The van der Waals surface area contributed by atoms with Crippen LogP contribution >= 0.6 is 23.4 Å². The molecule has 0 amide bonds. The van der Waals surface area contributed by atoms with Crippen LogP contribution in [0, 0.1) is 0 Å². The van der Waals surface area contributed by atoms with Crippen LogP contribution in [0.2, 0.25) is 5.02 Å². The van der Waals surface area contributed by atoms with Crippen molar-refractivity contribution in [1.29, 1.82) is 0 Å². The Hall–Kier alpha value is -1.00. The summed E-state index contributed by atoms with van der Waals surface area (Å²) >= 11 is 7.88. The Kier molecular flexibility index (Phi) is 4.03. The Morgan fingerprint density at radius 3 is 2.30 bits per heavy atom. The van der Waals surface area contributed by atoms with Crippen molar-refractivity contribution in [3.05, 3.63) is 58.6 Å². The molecule has 0 N–H and O–H groups in total. The van der Waals surface area contributed by atoms with Crippen LogP contribution in [-0.4, -0.2) is 14.2 Å². The van der Waals surface area contributed by atoms with Gasteiger partial charge in [-0.2, -0.15) is 0 Å². The van der Waals surface area contributed by atoms with Crippen LogP contribution < -0.4 is 0 Å². The summed E-state index contributed by atoms with van der Waals surface area (Å²) in [5.74, 6) is 0. The van der Waals surface area contributed by atoms with Crippen molar-refractivity contribution in [2.24, 2.45) is 0 Å². The van der Waals surface area contributed by atoms with Gasteiger partial charge in [-0.3, -0.25) is 0 Å². The van der Waals surface area contributed by atoms with E-state index in [1.807, 2.05) is 30.3 Å². The van der Waals surface area contributed by atoms with Crippen molar-refractivity contribution in [3.63, 3.8) is 0 Å². The smallest absolute Gasteiger partial charge is 0.114 e. The van der Waals surface area contributed by atoms with Gasteiger partial charge in [0.15, 0.2) is 0 Å². The van der Waals surface area contributed by atoms with Gasteiger partial charge in [0, 0.05) is 29.0 Å². The van der Waals surface area contributed by atoms with Crippen LogP contribution in [0.3, 0.4) is 0 Å². The highest BCUT2D eigenvalue weighted by atomic mass is 35.5. The highest BCUT2D eigenvalue weighted by Crippen LogP contribution is 2.48. The second kappa shape index (κ2) is 5.78. The maximum atomic E-state index is 6.15. The van der Waals surface area contributed by atoms with Gasteiger partial charge < -0.3 is 9.47 Å². The molecule has 0 saturated heterocycles. The first-order valence-electron chi connectivity index (χ1n) is 6.36. The van der Waals surface area contributed by atoms with E-state index in [1.165, 1.54) is 4.90 Å². The van der Waals surface area contributed by atoms with Crippen LogP contribution in [0.4, 0.5) is 0 Å². The minimum absolute atomic E-state index is 0.136. The Bertz CT molecular complexity index is 630. The third-order valence-electron chi connectivity index (χ3n) is 3.51. The molecule has 0 aromatic heterocycles. The van der Waals surface area contributed by atoms with Crippen LogP contribution in [0.1, 0.15) is 23.3 Å². The van der Waals surface area contributed by atoms with Gasteiger partial charge in [-0.1, -0.05) is 41.6 Å². The van der Waals surface area contributed by atoms with Crippen molar-refractivity contribution >= 4 is 23.4 Å². The van der Waals surface area contributed by atoms with Gasteiger partial charge in [0.25, 0.3) is 0 Å². The van der Waals surface area contributed by atoms with Crippen molar-refractivity contribution in [2.45, 2.75) is 22.0 Å². The quantitative estimate of drug-likeness (QED) is 0.788. The second-order valence-corrected chi connectivity index (χ2v) is 6.15. The molecular formula is C16H15ClO2S. The maximum absolute atomic E-state index is 6.15.